The molecule has 4 N–H and O–H groups in total. The lowest BCUT2D eigenvalue weighted by molar-refractivity contribution is 0.221. The highest BCUT2D eigenvalue weighted by Gasteiger charge is 2.15. The molecule has 0 aromatic carbocycles. The summed E-state index contributed by atoms with van der Waals surface area (Å²) in [6.07, 6.45) is 5.36. The number of allylic oxidation sites excluding steroid dienone is 2. The van der Waals surface area contributed by atoms with Crippen molar-refractivity contribution in [3.8, 4) is 0 Å². The van der Waals surface area contributed by atoms with Gasteiger partial charge in [-0.25, -0.2) is 4.98 Å². The zero-order valence-electron chi connectivity index (χ0n) is 15.7. The normalized spacial score (nSPS) is 14.2. The summed E-state index contributed by atoms with van der Waals surface area (Å²) in [4.78, 5) is 8.77. The fourth-order valence-electron chi connectivity index (χ4n) is 2.84. The Balaban J connectivity index is 1.90. The minimum Gasteiger partial charge on any atom is -0.494 e. The van der Waals surface area contributed by atoms with E-state index in [0.29, 0.717) is 17.5 Å². The minimum atomic E-state index is 0.323. The number of nitrogens with one attached hydrogen (secondary N) is 2. The number of methoxy groups -OCH3 is 2. The van der Waals surface area contributed by atoms with Gasteiger partial charge in [-0.05, 0) is 31.9 Å². The molecule has 26 heavy (non-hydrogen) atoms. The van der Waals surface area contributed by atoms with E-state index in [2.05, 4.69) is 33.8 Å². The number of hydrogen-bond acceptors (Lipinski definition) is 7. The molecule has 0 atom stereocenters. The molecule has 7 heteroatoms. The average molecular weight is 359 g/mol. The van der Waals surface area contributed by atoms with E-state index in [1.54, 1.807) is 14.2 Å². The van der Waals surface area contributed by atoms with Crippen molar-refractivity contribution in [2.24, 2.45) is 0 Å². The Morgan fingerprint density at radius 2 is 2.00 bits per heavy atom. The highest BCUT2D eigenvalue weighted by atomic mass is 16.5. The molecule has 0 amide bonds. The van der Waals surface area contributed by atoms with Gasteiger partial charge in [0.1, 0.15) is 5.82 Å². The lowest BCUT2D eigenvalue weighted by Crippen LogP contribution is -2.16. The zero-order valence-corrected chi connectivity index (χ0v) is 15.7. The van der Waals surface area contributed by atoms with Gasteiger partial charge in [0, 0.05) is 25.1 Å². The van der Waals surface area contributed by atoms with Crippen molar-refractivity contribution in [2.45, 2.75) is 25.7 Å². The molecule has 2 heterocycles. The first-order valence-corrected chi connectivity index (χ1v) is 8.81. The highest BCUT2D eigenvalue weighted by molar-refractivity contribution is 5.50. The maximum absolute atomic E-state index is 5.86. The summed E-state index contributed by atoms with van der Waals surface area (Å²) in [6.45, 7) is 10.5. The van der Waals surface area contributed by atoms with E-state index in [1.807, 2.05) is 6.08 Å². The summed E-state index contributed by atoms with van der Waals surface area (Å²) in [5, 5.41) is 6.78. The van der Waals surface area contributed by atoms with Crippen LogP contribution in [0.2, 0.25) is 0 Å². The van der Waals surface area contributed by atoms with Crippen molar-refractivity contribution in [1.82, 2.24) is 15.3 Å². The maximum atomic E-state index is 5.86. The quantitative estimate of drug-likeness (QED) is 0.353. The third-order valence-electron chi connectivity index (χ3n) is 4.24. The molecule has 1 aliphatic rings. The molecule has 0 bridgehead atoms. The second kappa shape index (κ2) is 9.82. The third-order valence-corrected chi connectivity index (χ3v) is 4.24. The molecule has 0 radical (unpaired) electrons. The van der Waals surface area contributed by atoms with Crippen LogP contribution in [0.1, 0.15) is 24.1 Å². The number of nitrogen functional groups attached to an aromatic ring is 1. The molecule has 0 saturated carbocycles. The first kappa shape index (κ1) is 19.8. The first-order valence-electron chi connectivity index (χ1n) is 8.81. The molecule has 0 unspecified atom stereocenters. The van der Waals surface area contributed by atoms with Crippen LogP contribution in [-0.4, -0.2) is 43.8 Å². The summed E-state index contributed by atoms with van der Waals surface area (Å²) in [7, 11) is 3.15. The Labute approximate surface area is 155 Å². The summed E-state index contributed by atoms with van der Waals surface area (Å²) in [5.74, 6) is 2.25. The van der Waals surface area contributed by atoms with Crippen molar-refractivity contribution >= 4 is 11.8 Å². The number of anilines is 2. The molecule has 1 aliphatic heterocycles. The van der Waals surface area contributed by atoms with Gasteiger partial charge in [0.2, 0.25) is 5.95 Å². The molecule has 142 valence electrons. The topological polar surface area (TPSA) is 94.3 Å². The largest absolute Gasteiger partial charge is 0.494 e. The van der Waals surface area contributed by atoms with Crippen molar-refractivity contribution in [2.75, 3.05) is 44.9 Å². The van der Waals surface area contributed by atoms with Crippen LogP contribution < -0.4 is 16.4 Å². The summed E-state index contributed by atoms with van der Waals surface area (Å²) < 4.78 is 10.3. The third kappa shape index (κ3) is 5.49. The highest BCUT2D eigenvalue weighted by Crippen LogP contribution is 2.21. The Kier molecular flexibility index (Phi) is 7.47. The summed E-state index contributed by atoms with van der Waals surface area (Å²) in [6, 6.07) is 0. The van der Waals surface area contributed by atoms with Gasteiger partial charge in [-0.2, -0.15) is 4.98 Å². The van der Waals surface area contributed by atoms with Crippen LogP contribution in [0.3, 0.4) is 0 Å². The molecule has 7 nitrogen and oxygen atoms in total. The Hall–Kier alpha value is -2.54. The van der Waals surface area contributed by atoms with E-state index in [9.17, 15) is 0 Å². The lowest BCUT2D eigenvalue weighted by Gasteiger charge is -2.13. The SMILES string of the molecule is C=C(/C=C(/OC)C(=C)OC)CCCNc1nc(N)nc2c1CCNCC2. The van der Waals surface area contributed by atoms with Gasteiger partial charge < -0.3 is 25.8 Å². The lowest BCUT2D eigenvalue weighted by atomic mass is 10.1. The first-order chi connectivity index (χ1) is 12.5. The van der Waals surface area contributed by atoms with Crippen LogP contribution in [0.25, 0.3) is 0 Å². The zero-order chi connectivity index (χ0) is 18.9. The fourth-order valence-corrected chi connectivity index (χ4v) is 2.84. The number of nitrogens with two attached hydrogens (primary N) is 1. The standard InChI is InChI=1S/C19H29N5O2/c1-13(12-17(26-4)14(2)25-3)6-5-9-22-18-15-7-10-21-11-8-16(15)23-19(20)24-18/h12,21H,1-2,5-11H2,3-4H3,(H3,20,22,23,24)/b17-12+. The van der Waals surface area contributed by atoms with Crippen molar-refractivity contribution < 1.29 is 9.47 Å². The van der Waals surface area contributed by atoms with E-state index in [-0.39, 0.29) is 0 Å². The molecule has 1 aromatic heterocycles. The number of rotatable bonds is 9. The predicted molar refractivity (Wildman–Crippen MR) is 105 cm³/mol. The van der Waals surface area contributed by atoms with Gasteiger partial charge in [-0.1, -0.05) is 18.7 Å². The van der Waals surface area contributed by atoms with Crippen LogP contribution >= 0.6 is 0 Å². The number of aromatic nitrogens is 2. The molecule has 0 fully saturated rings. The van der Waals surface area contributed by atoms with E-state index in [4.69, 9.17) is 15.2 Å². The second-order valence-corrected chi connectivity index (χ2v) is 6.13. The van der Waals surface area contributed by atoms with E-state index >= 15 is 0 Å². The molecular weight excluding hydrogens is 330 g/mol. The number of fused-ring (bicyclic) bond motifs is 1. The summed E-state index contributed by atoms with van der Waals surface area (Å²) in [5.41, 5.74) is 9.02. The molecule has 0 aliphatic carbocycles. The Bertz CT molecular complexity index is 685. The minimum absolute atomic E-state index is 0.323. The van der Waals surface area contributed by atoms with E-state index in [1.165, 1.54) is 5.56 Å². The fraction of sp³-hybridized carbons (Fsp3) is 0.474. The van der Waals surface area contributed by atoms with Crippen LogP contribution in [0.4, 0.5) is 11.8 Å². The molecular formula is C19H29N5O2. The smallest absolute Gasteiger partial charge is 0.222 e. The van der Waals surface area contributed by atoms with Crippen molar-refractivity contribution in [3.63, 3.8) is 0 Å². The van der Waals surface area contributed by atoms with Gasteiger partial charge in [-0.15, -0.1) is 0 Å². The molecule has 1 aromatic rings. The Morgan fingerprint density at radius 3 is 2.73 bits per heavy atom. The molecule has 0 spiro atoms. The second-order valence-electron chi connectivity index (χ2n) is 6.13. The van der Waals surface area contributed by atoms with Crippen molar-refractivity contribution in [1.29, 1.82) is 0 Å². The Morgan fingerprint density at radius 1 is 1.23 bits per heavy atom. The van der Waals surface area contributed by atoms with Gasteiger partial charge in [0.15, 0.2) is 11.5 Å². The monoisotopic (exact) mass is 359 g/mol. The predicted octanol–water partition coefficient (Wildman–Crippen LogP) is 2.19. The number of hydrogen-bond donors (Lipinski definition) is 3. The number of ether oxygens (including phenoxy) is 2. The molecule has 0 saturated heterocycles. The van der Waals surface area contributed by atoms with Crippen LogP contribution in [0.15, 0.2) is 36.3 Å². The maximum Gasteiger partial charge on any atom is 0.222 e. The van der Waals surface area contributed by atoms with Gasteiger partial charge in [-0.3, -0.25) is 0 Å². The van der Waals surface area contributed by atoms with Crippen LogP contribution in [-0.2, 0) is 22.3 Å². The van der Waals surface area contributed by atoms with Gasteiger partial charge in [0.05, 0.1) is 19.9 Å². The van der Waals surface area contributed by atoms with E-state index in [0.717, 1.165) is 62.4 Å². The average Bonchev–Trinajstić information content (AvgIpc) is 2.87. The van der Waals surface area contributed by atoms with E-state index < -0.39 is 0 Å². The van der Waals surface area contributed by atoms with Crippen LogP contribution in [0, 0.1) is 0 Å². The molecule has 2 rings (SSSR count). The summed E-state index contributed by atoms with van der Waals surface area (Å²) >= 11 is 0. The van der Waals surface area contributed by atoms with Gasteiger partial charge in [0.25, 0.3) is 0 Å². The number of nitrogens with zero attached hydrogens (tertiary/aromatic N) is 2. The van der Waals surface area contributed by atoms with Gasteiger partial charge >= 0.3 is 0 Å². The van der Waals surface area contributed by atoms with Crippen LogP contribution in [0.5, 0.6) is 0 Å². The van der Waals surface area contributed by atoms with Crippen molar-refractivity contribution in [3.05, 3.63) is 47.6 Å².